The molecule has 0 radical (unpaired) electrons. The van der Waals surface area contributed by atoms with E-state index in [1.165, 1.54) is 17.5 Å². The summed E-state index contributed by atoms with van der Waals surface area (Å²) in [5.74, 6) is -0.164. The Kier molecular flexibility index (Phi) is 4.02. The summed E-state index contributed by atoms with van der Waals surface area (Å²) in [6.45, 7) is 0.963. The quantitative estimate of drug-likeness (QED) is 0.783. The number of benzene rings is 1. The van der Waals surface area contributed by atoms with E-state index in [0.29, 0.717) is 18.8 Å². The Morgan fingerprint density at radius 3 is 2.76 bits per heavy atom. The summed E-state index contributed by atoms with van der Waals surface area (Å²) in [5.41, 5.74) is 1.37. The molecule has 7 heteroatoms. The first-order valence-corrected chi connectivity index (χ1v) is 7.28. The second-order valence-corrected chi connectivity index (χ2v) is 5.41. The number of H-pyrrole nitrogens is 1. The molecule has 1 N–H and O–H groups in total. The molecule has 2 heterocycles. The zero-order valence-corrected chi connectivity index (χ0v) is 12.0. The maximum absolute atomic E-state index is 12.5. The Balaban J connectivity index is 1.82. The van der Waals surface area contributed by atoms with E-state index in [1.54, 1.807) is 11.1 Å². The first kappa shape index (κ1) is 13.4. The molecule has 1 amide bonds. The molecular weight excluding hydrogens is 286 g/mol. The van der Waals surface area contributed by atoms with Crippen molar-refractivity contribution in [3.63, 3.8) is 0 Å². The van der Waals surface area contributed by atoms with Gasteiger partial charge in [0.05, 0.1) is 12.7 Å². The molecule has 0 bridgehead atoms. The van der Waals surface area contributed by atoms with Crippen LogP contribution in [-0.4, -0.2) is 31.2 Å². The molecule has 3 aromatic rings. The molecule has 21 heavy (non-hydrogen) atoms. The number of aromatic nitrogens is 4. The fraction of sp³-hybridized carbons (Fsp3) is 0.143. The first-order valence-electron chi connectivity index (χ1n) is 6.40. The van der Waals surface area contributed by atoms with Gasteiger partial charge in [-0.3, -0.25) is 4.79 Å². The van der Waals surface area contributed by atoms with Crippen molar-refractivity contribution in [2.75, 3.05) is 0 Å². The van der Waals surface area contributed by atoms with Gasteiger partial charge in [0, 0.05) is 18.1 Å². The van der Waals surface area contributed by atoms with Crippen LogP contribution in [0, 0.1) is 0 Å². The highest BCUT2D eigenvalue weighted by Crippen LogP contribution is 2.14. The molecule has 0 fully saturated rings. The molecule has 0 unspecified atom stereocenters. The number of hydrogen-bond donors (Lipinski definition) is 1. The van der Waals surface area contributed by atoms with Gasteiger partial charge in [0.25, 0.3) is 5.91 Å². The summed E-state index contributed by atoms with van der Waals surface area (Å²) < 4.78 is 0. The number of nitrogens with one attached hydrogen (secondary N) is 1. The Bertz CT molecular complexity index is 682. The van der Waals surface area contributed by atoms with Gasteiger partial charge in [-0.2, -0.15) is 15.4 Å². The lowest BCUT2D eigenvalue weighted by atomic mass is 10.2. The minimum absolute atomic E-state index is 0.164. The zero-order chi connectivity index (χ0) is 14.5. The second kappa shape index (κ2) is 6.27. The van der Waals surface area contributed by atoms with E-state index in [2.05, 4.69) is 20.4 Å². The van der Waals surface area contributed by atoms with Crippen LogP contribution in [0.25, 0.3) is 0 Å². The molecule has 0 aliphatic rings. The van der Waals surface area contributed by atoms with Crippen molar-refractivity contribution < 1.29 is 4.79 Å². The van der Waals surface area contributed by atoms with Crippen molar-refractivity contribution in [1.29, 1.82) is 0 Å². The fourth-order valence-electron chi connectivity index (χ4n) is 1.96. The van der Waals surface area contributed by atoms with Crippen LogP contribution in [0.5, 0.6) is 0 Å². The molecule has 0 saturated carbocycles. The smallest absolute Gasteiger partial charge is 0.276 e. The fourth-order valence-corrected chi connectivity index (χ4v) is 2.60. The highest BCUT2D eigenvalue weighted by atomic mass is 32.1. The summed E-state index contributed by atoms with van der Waals surface area (Å²) in [6, 6.07) is 9.85. The third kappa shape index (κ3) is 3.32. The summed E-state index contributed by atoms with van der Waals surface area (Å²) >= 11 is 1.53. The predicted octanol–water partition coefficient (Wildman–Crippen LogP) is 2.10. The lowest BCUT2D eigenvalue weighted by Crippen LogP contribution is -2.30. The predicted molar refractivity (Wildman–Crippen MR) is 78.5 cm³/mol. The van der Waals surface area contributed by atoms with Crippen LogP contribution < -0.4 is 0 Å². The van der Waals surface area contributed by atoms with E-state index in [1.807, 2.05) is 35.7 Å². The third-order valence-corrected chi connectivity index (χ3v) is 3.71. The van der Waals surface area contributed by atoms with Crippen LogP contribution in [0.4, 0.5) is 0 Å². The van der Waals surface area contributed by atoms with Crippen LogP contribution in [0.2, 0.25) is 0 Å². The largest absolute Gasteiger partial charge is 0.326 e. The average Bonchev–Trinajstić information content (AvgIpc) is 3.20. The van der Waals surface area contributed by atoms with E-state index < -0.39 is 0 Å². The highest BCUT2D eigenvalue weighted by molar-refractivity contribution is 7.09. The molecule has 0 saturated heterocycles. The number of nitrogens with zero attached hydrogens (tertiary/aromatic N) is 4. The summed E-state index contributed by atoms with van der Waals surface area (Å²) in [5, 5.41) is 12.8. The molecule has 6 nitrogen and oxygen atoms in total. The maximum Gasteiger partial charge on any atom is 0.276 e. The maximum atomic E-state index is 12.5. The minimum Gasteiger partial charge on any atom is -0.326 e. The van der Waals surface area contributed by atoms with E-state index in [9.17, 15) is 4.79 Å². The summed E-state index contributed by atoms with van der Waals surface area (Å²) in [6.07, 6.45) is 3.17. The standard InChI is InChI=1S/C14H13N5OS/c20-14(12-8-16-18-17-12)19(10-13-15-6-7-21-13)9-11-4-2-1-3-5-11/h1-8H,9-10H2,(H,16,17,18). The topological polar surface area (TPSA) is 74.8 Å². The Morgan fingerprint density at radius 1 is 1.24 bits per heavy atom. The van der Waals surface area contributed by atoms with Crippen LogP contribution >= 0.6 is 11.3 Å². The Hall–Kier alpha value is -2.54. The molecule has 2 aromatic heterocycles. The molecular formula is C14H13N5OS. The molecule has 0 spiro atoms. The van der Waals surface area contributed by atoms with Crippen molar-refractivity contribution in [2.24, 2.45) is 0 Å². The molecule has 106 valence electrons. The van der Waals surface area contributed by atoms with Gasteiger partial charge in [0.1, 0.15) is 5.01 Å². The molecule has 0 atom stereocenters. The van der Waals surface area contributed by atoms with Gasteiger partial charge in [-0.15, -0.1) is 11.3 Å². The molecule has 0 aliphatic heterocycles. The monoisotopic (exact) mass is 299 g/mol. The van der Waals surface area contributed by atoms with Crippen LogP contribution in [0.3, 0.4) is 0 Å². The number of carbonyl (C=O) groups excluding carboxylic acids is 1. The Labute approximate surface area is 125 Å². The number of rotatable bonds is 5. The van der Waals surface area contributed by atoms with Crippen molar-refractivity contribution in [3.8, 4) is 0 Å². The first-order chi connectivity index (χ1) is 10.3. The normalized spacial score (nSPS) is 10.5. The van der Waals surface area contributed by atoms with E-state index in [0.717, 1.165) is 10.6 Å². The third-order valence-electron chi connectivity index (χ3n) is 2.95. The average molecular weight is 299 g/mol. The van der Waals surface area contributed by atoms with Crippen molar-refractivity contribution in [1.82, 2.24) is 25.3 Å². The van der Waals surface area contributed by atoms with Gasteiger partial charge in [0.15, 0.2) is 5.69 Å². The number of aromatic amines is 1. The summed E-state index contributed by atoms with van der Waals surface area (Å²) in [4.78, 5) is 18.5. The second-order valence-electron chi connectivity index (χ2n) is 4.43. The van der Waals surface area contributed by atoms with Gasteiger partial charge in [-0.05, 0) is 5.56 Å². The number of thiazole rings is 1. The number of hydrogen-bond acceptors (Lipinski definition) is 5. The lowest BCUT2D eigenvalue weighted by molar-refractivity contribution is 0.0724. The van der Waals surface area contributed by atoms with Gasteiger partial charge >= 0.3 is 0 Å². The number of amides is 1. The minimum atomic E-state index is -0.164. The van der Waals surface area contributed by atoms with Gasteiger partial charge in [-0.25, -0.2) is 4.98 Å². The number of carbonyl (C=O) groups is 1. The SMILES string of the molecule is O=C(c1cn[nH]n1)N(Cc1ccccc1)Cc1nccs1. The van der Waals surface area contributed by atoms with Gasteiger partial charge in [-0.1, -0.05) is 30.3 Å². The van der Waals surface area contributed by atoms with Crippen molar-refractivity contribution in [2.45, 2.75) is 13.1 Å². The molecule has 3 rings (SSSR count). The lowest BCUT2D eigenvalue weighted by Gasteiger charge is -2.20. The van der Waals surface area contributed by atoms with Crippen LogP contribution in [0.1, 0.15) is 21.1 Å². The Morgan fingerprint density at radius 2 is 2.10 bits per heavy atom. The van der Waals surface area contributed by atoms with Crippen LogP contribution in [0.15, 0.2) is 48.1 Å². The van der Waals surface area contributed by atoms with Crippen LogP contribution in [-0.2, 0) is 13.1 Å². The van der Waals surface area contributed by atoms with Gasteiger partial charge in [0.2, 0.25) is 0 Å². The highest BCUT2D eigenvalue weighted by Gasteiger charge is 2.19. The van der Waals surface area contributed by atoms with Crippen molar-refractivity contribution in [3.05, 3.63) is 64.4 Å². The molecule has 0 aliphatic carbocycles. The van der Waals surface area contributed by atoms with E-state index in [4.69, 9.17) is 0 Å². The van der Waals surface area contributed by atoms with Gasteiger partial charge < -0.3 is 4.90 Å². The van der Waals surface area contributed by atoms with E-state index >= 15 is 0 Å². The summed E-state index contributed by atoms with van der Waals surface area (Å²) in [7, 11) is 0. The zero-order valence-electron chi connectivity index (χ0n) is 11.1. The van der Waals surface area contributed by atoms with E-state index in [-0.39, 0.29) is 5.91 Å². The van der Waals surface area contributed by atoms with Crippen molar-refractivity contribution >= 4 is 17.2 Å². The molecule has 1 aromatic carbocycles.